The van der Waals surface area contributed by atoms with Crippen molar-refractivity contribution in [1.82, 2.24) is 9.97 Å². The van der Waals surface area contributed by atoms with E-state index in [4.69, 9.17) is 14.2 Å². The Morgan fingerprint density at radius 3 is 2.54 bits per heavy atom. The van der Waals surface area contributed by atoms with Crippen molar-refractivity contribution < 1.29 is 23.2 Å². The molecular weight excluding hydrogens is 382 g/mol. The zero-order valence-electron chi connectivity index (χ0n) is 16.5. The molecule has 1 heterocycles. The summed E-state index contributed by atoms with van der Waals surface area (Å²) in [5, 5.41) is 0.269. The van der Waals surface area contributed by atoms with Crippen molar-refractivity contribution in [2.75, 3.05) is 34.1 Å². The van der Waals surface area contributed by atoms with Crippen LogP contribution in [-0.4, -0.2) is 60.0 Å². The summed E-state index contributed by atoms with van der Waals surface area (Å²) in [5.41, 5.74) is 2.79. The zero-order valence-corrected chi connectivity index (χ0v) is 17.3. The first-order valence-corrected chi connectivity index (χ1v) is 9.59. The predicted molar refractivity (Wildman–Crippen MR) is 108 cm³/mol. The molecule has 0 radical (unpaired) electrons. The third-order valence-corrected chi connectivity index (χ3v) is 5.22. The van der Waals surface area contributed by atoms with E-state index in [2.05, 4.69) is 21.5 Å². The molecule has 2 aromatic rings. The van der Waals surface area contributed by atoms with Crippen LogP contribution in [0, 0.1) is 6.92 Å². The molecule has 1 aromatic carbocycles. The minimum Gasteiger partial charge on any atom is -0.493 e. The van der Waals surface area contributed by atoms with Crippen LogP contribution < -0.4 is 0 Å². The van der Waals surface area contributed by atoms with Gasteiger partial charge >= 0.3 is 5.97 Å². The van der Waals surface area contributed by atoms with Crippen LogP contribution in [0.5, 0.6) is 0 Å². The van der Waals surface area contributed by atoms with Crippen molar-refractivity contribution in [2.24, 2.45) is 4.99 Å². The maximum absolute atomic E-state index is 12.9. The fraction of sp³-hybridized carbons (Fsp3) is 0.316. The molecular formula is C19H23N3O5S. The van der Waals surface area contributed by atoms with Gasteiger partial charge in [-0.2, -0.15) is 0 Å². The number of H-pyrrole nitrogens is 1. The lowest BCUT2D eigenvalue weighted by Crippen LogP contribution is -2.17. The Morgan fingerprint density at radius 1 is 1.29 bits per heavy atom. The fourth-order valence-corrected chi connectivity index (χ4v) is 3.70. The number of aryl methyl sites for hydroxylation is 1. The number of aromatic amines is 1. The molecule has 0 fully saturated rings. The van der Waals surface area contributed by atoms with Crippen LogP contribution in [0.2, 0.25) is 0 Å². The van der Waals surface area contributed by atoms with Gasteiger partial charge in [0.2, 0.25) is 0 Å². The van der Waals surface area contributed by atoms with Crippen molar-refractivity contribution in [1.29, 1.82) is 0 Å². The number of aliphatic imine (C=N–C) groups is 1. The number of allylic oxidation sites excluding steroid dienone is 2. The smallest absolute Gasteiger partial charge is 0.338 e. The van der Waals surface area contributed by atoms with E-state index < -0.39 is 16.8 Å². The number of benzene rings is 1. The Morgan fingerprint density at radius 2 is 2.00 bits per heavy atom. The monoisotopic (exact) mass is 405 g/mol. The molecule has 1 N–H and O–H groups in total. The average molecular weight is 405 g/mol. The Kier molecular flexibility index (Phi) is 7.11. The highest BCUT2D eigenvalue weighted by Gasteiger charge is 2.20. The third kappa shape index (κ3) is 4.30. The normalized spacial score (nSPS) is 13.7. The molecule has 0 aliphatic carbocycles. The molecule has 0 aliphatic rings. The molecule has 8 nitrogen and oxygen atoms in total. The molecule has 0 spiro atoms. The summed E-state index contributed by atoms with van der Waals surface area (Å²) < 4.78 is 28.2. The van der Waals surface area contributed by atoms with Crippen molar-refractivity contribution in [3.63, 3.8) is 0 Å². The Balaban J connectivity index is 2.38. The molecule has 2 rings (SSSR count). The number of carbonyl (C=O) groups is 1. The number of carbonyl (C=O) groups excluding carboxylic acids is 1. The van der Waals surface area contributed by atoms with Crippen molar-refractivity contribution in [3.05, 3.63) is 47.4 Å². The van der Waals surface area contributed by atoms with E-state index >= 15 is 0 Å². The summed E-state index contributed by atoms with van der Waals surface area (Å²) in [4.78, 5) is 23.4. The van der Waals surface area contributed by atoms with Gasteiger partial charge in [-0.05, 0) is 30.7 Å². The van der Waals surface area contributed by atoms with E-state index in [0.29, 0.717) is 33.8 Å². The summed E-state index contributed by atoms with van der Waals surface area (Å²) in [6, 6.07) is 3.38. The molecule has 150 valence electrons. The second kappa shape index (κ2) is 9.32. The summed E-state index contributed by atoms with van der Waals surface area (Å²) in [6.45, 7) is 5.47. The van der Waals surface area contributed by atoms with Crippen LogP contribution in [-0.2, 0) is 25.0 Å². The summed E-state index contributed by atoms with van der Waals surface area (Å²) in [6.07, 6.45) is 1.49. The fourth-order valence-electron chi connectivity index (χ4n) is 2.63. The maximum Gasteiger partial charge on any atom is 0.338 e. The van der Waals surface area contributed by atoms with E-state index in [-0.39, 0.29) is 10.9 Å². The lowest BCUT2D eigenvalue weighted by atomic mass is 10.1. The summed E-state index contributed by atoms with van der Waals surface area (Å²) >= 11 is 0. The molecule has 28 heavy (non-hydrogen) atoms. The number of aromatic nitrogens is 2. The largest absolute Gasteiger partial charge is 0.493 e. The quantitative estimate of drug-likeness (QED) is 0.313. The highest BCUT2D eigenvalue weighted by molar-refractivity contribution is 7.85. The standard InChI is InChI=1S/C19H23N3O5S/c1-7-16(25-4)17(26-5)15(20-3)10-28(24)19-21-13-8-11(2)12(18(23)27-6)9-14(13)22-19/h7-9H,1,10H2,2-6H3,(H,21,22)/b17-16-,20-15?. The Labute approximate surface area is 165 Å². The van der Waals surface area contributed by atoms with Gasteiger partial charge in [0.15, 0.2) is 16.7 Å². The van der Waals surface area contributed by atoms with Gasteiger partial charge in [-0.25, -0.2) is 9.78 Å². The van der Waals surface area contributed by atoms with Crippen LogP contribution in [0.4, 0.5) is 0 Å². The van der Waals surface area contributed by atoms with Crippen molar-refractivity contribution in [2.45, 2.75) is 12.1 Å². The predicted octanol–water partition coefficient (Wildman–Crippen LogP) is 2.53. The molecule has 0 amide bonds. The van der Waals surface area contributed by atoms with Crippen LogP contribution >= 0.6 is 0 Å². The lowest BCUT2D eigenvalue weighted by molar-refractivity contribution is 0.0600. The number of methoxy groups -OCH3 is 3. The number of nitrogens with one attached hydrogen (secondary N) is 1. The van der Waals surface area contributed by atoms with Gasteiger partial charge in [0.25, 0.3) is 0 Å². The highest BCUT2D eigenvalue weighted by atomic mass is 32.2. The molecule has 0 saturated heterocycles. The van der Waals surface area contributed by atoms with Gasteiger partial charge in [0, 0.05) is 7.05 Å². The minimum atomic E-state index is -1.53. The van der Waals surface area contributed by atoms with Crippen LogP contribution in [0.1, 0.15) is 15.9 Å². The first kappa shape index (κ1) is 21.4. The molecule has 9 heteroatoms. The van der Waals surface area contributed by atoms with Gasteiger partial charge in [-0.1, -0.05) is 6.58 Å². The van der Waals surface area contributed by atoms with Crippen LogP contribution in [0.15, 0.2) is 46.5 Å². The van der Waals surface area contributed by atoms with E-state index in [1.54, 1.807) is 26.1 Å². The Bertz CT molecular complexity index is 991. The molecule has 1 aromatic heterocycles. The number of hydrogen-bond donors (Lipinski definition) is 1. The van der Waals surface area contributed by atoms with Crippen molar-refractivity contribution >= 4 is 33.5 Å². The number of imidazole rings is 1. The molecule has 0 saturated carbocycles. The third-order valence-electron chi connectivity index (χ3n) is 4.06. The molecule has 1 atom stereocenters. The van der Waals surface area contributed by atoms with E-state index in [1.165, 1.54) is 27.4 Å². The lowest BCUT2D eigenvalue weighted by Gasteiger charge is -2.12. The van der Waals surface area contributed by atoms with Crippen LogP contribution in [0.3, 0.4) is 0 Å². The van der Waals surface area contributed by atoms with E-state index in [1.807, 2.05) is 0 Å². The SMILES string of the molecule is C=C/C(OC)=C(/OC)C(CS(=O)c1nc2cc(C(=O)OC)c(C)cc2[nH]1)=NC. The van der Waals surface area contributed by atoms with Gasteiger partial charge in [0.05, 0.1) is 60.2 Å². The Hall–Kier alpha value is -2.94. The van der Waals surface area contributed by atoms with Crippen LogP contribution in [0.25, 0.3) is 11.0 Å². The summed E-state index contributed by atoms with van der Waals surface area (Å²) in [5.74, 6) is 0.358. The molecule has 1 unspecified atom stereocenters. The van der Waals surface area contributed by atoms with Crippen molar-refractivity contribution in [3.8, 4) is 0 Å². The average Bonchev–Trinajstić information content (AvgIpc) is 3.12. The van der Waals surface area contributed by atoms with E-state index in [9.17, 15) is 9.00 Å². The number of nitrogens with zero attached hydrogens (tertiary/aromatic N) is 2. The molecule has 0 bridgehead atoms. The first-order valence-electron chi connectivity index (χ1n) is 8.27. The van der Waals surface area contributed by atoms with Gasteiger partial charge < -0.3 is 19.2 Å². The zero-order chi connectivity index (χ0) is 20.8. The topological polar surface area (TPSA) is 103 Å². The number of ether oxygens (including phenoxy) is 3. The maximum atomic E-state index is 12.9. The van der Waals surface area contributed by atoms with Gasteiger partial charge in [-0.3, -0.25) is 9.20 Å². The summed E-state index contributed by atoms with van der Waals surface area (Å²) in [7, 11) is 4.33. The number of hydrogen-bond acceptors (Lipinski definition) is 7. The van der Waals surface area contributed by atoms with E-state index in [0.717, 1.165) is 5.56 Å². The first-order chi connectivity index (χ1) is 13.4. The van der Waals surface area contributed by atoms with Gasteiger partial charge in [-0.15, -0.1) is 0 Å². The van der Waals surface area contributed by atoms with Gasteiger partial charge in [0.1, 0.15) is 0 Å². The number of esters is 1. The molecule has 0 aliphatic heterocycles. The second-order valence-electron chi connectivity index (χ2n) is 5.68. The number of rotatable bonds is 8. The number of fused-ring (bicyclic) bond motifs is 1. The highest BCUT2D eigenvalue weighted by Crippen LogP contribution is 2.21. The minimum absolute atomic E-state index is 0.0586. The second-order valence-corrected chi connectivity index (χ2v) is 7.05.